The first-order chi connectivity index (χ1) is 18.8. The van der Waals surface area contributed by atoms with Crippen LogP contribution in [0.4, 0.5) is 0 Å². The van der Waals surface area contributed by atoms with Gasteiger partial charge in [0.2, 0.25) is 0 Å². The van der Waals surface area contributed by atoms with E-state index in [1.165, 1.54) is 33.0 Å². The Balaban J connectivity index is 0.000000136. The van der Waals surface area contributed by atoms with Crippen LogP contribution in [-0.4, -0.2) is 15.0 Å². The smallest absolute Gasteiger partial charge is 0.0736 e. The van der Waals surface area contributed by atoms with Gasteiger partial charge in [0.1, 0.15) is 0 Å². The molecule has 0 saturated carbocycles. The predicted molar refractivity (Wildman–Crippen MR) is 167 cm³/mol. The maximum absolute atomic E-state index is 4.57. The maximum Gasteiger partial charge on any atom is 0.0736 e. The highest BCUT2D eigenvalue weighted by Gasteiger charge is 2.05. The summed E-state index contributed by atoms with van der Waals surface area (Å²) in [6, 6.07) is 33.3. The van der Waals surface area contributed by atoms with Crippen LogP contribution in [0.3, 0.4) is 0 Å². The van der Waals surface area contributed by atoms with Crippen molar-refractivity contribution in [3.63, 3.8) is 0 Å². The van der Waals surface area contributed by atoms with E-state index in [0.29, 0.717) is 17.8 Å². The van der Waals surface area contributed by atoms with Crippen LogP contribution < -0.4 is 0 Å². The minimum Gasteiger partial charge on any atom is -0.256 e. The van der Waals surface area contributed by atoms with Crippen molar-refractivity contribution in [3.8, 4) is 0 Å². The lowest BCUT2D eigenvalue weighted by Gasteiger charge is -2.08. The Morgan fingerprint density at radius 2 is 1.13 bits per heavy atom. The van der Waals surface area contributed by atoms with Gasteiger partial charge < -0.3 is 0 Å². The van der Waals surface area contributed by atoms with Crippen LogP contribution in [0.2, 0.25) is 0 Å². The molecule has 0 spiro atoms. The van der Waals surface area contributed by atoms with Crippen molar-refractivity contribution in [2.75, 3.05) is 0 Å². The molecule has 0 aliphatic rings. The van der Waals surface area contributed by atoms with Gasteiger partial charge in [-0.05, 0) is 59.2 Å². The normalized spacial score (nSPS) is 11.0. The number of rotatable bonds is 3. The number of pyridine rings is 3. The van der Waals surface area contributed by atoms with Gasteiger partial charge in [0, 0.05) is 34.2 Å². The summed E-state index contributed by atoms with van der Waals surface area (Å²) >= 11 is 0. The van der Waals surface area contributed by atoms with E-state index in [4.69, 9.17) is 0 Å². The van der Waals surface area contributed by atoms with E-state index < -0.39 is 0 Å². The summed E-state index contributed by atoms with van der Waals surface area (Å²) in [5, 5.41) is 3.72. The van der Waals surface area contributed by atoms with E-state index in [-0.39, 0.29) is 0 Å². The predicted octanol–water partition coefficient (Wildman–Crippen LogP) is 10.1. The van der Waals surface area contributed by atoms with Crippen molar-refractivity contribution in [1.29, 1.82) is 0 Å². The minimum absolute atomic E-state index is 0.504. The largest absolute Gasteiger partial charge is 0.256 e. The second-order valence-corrected chi connectivity index (χ2v) is 10.7. The number of fused-ring (bicyclic) bond motifs is 3. The Bertz CT molecular complexity index is 1550. The van der Waals surface area contributed by atoms with Gasteiger partial charge in [-0.3, -0.25) is 15.0 Å². The summed E-state index contributed by atoms with van der Waals surface area (Å²) < 4.78 is 0. The molecule has 0 saturated heterocycles. The summed E-state index contributed by atoms with van der Waals surface area (Å²) in [7, 11) is 0. The van der Waals surface area contributed by atoms with Crippen LogP contribution in [0.1, 0.15) is 76.1 Å². The van der Waals surface area contributed by atoms with Gasteiger partial charge in [-0.25, -0.2) is 0 Å². The molecule has 3 aromatic heterocycles. The molecule has 3 nitrogen and oxygen atoms in total. The number of aromatic nitrogens is 3. The summed E-state index contributed by atoms with van der Waals surface area (Å²) in [6.45, 7) is 13.1. The van der Waals surface area contributed by atoms with E-state index in [1.54, 1.807) is 0 Å². The fraction of sp³-hybridized carbons (Fsp3) is 0.250. The highest BCUT2D eigenvalue weighted by Crippen LogP contribution is 2.24. The van der Waals surface area contributed by atoms with Crippen molar-refractivity contribution < 1.29 is 0 Å². The Labute approximate surface area is 233 Å². The van der Waals surface area contributed by atoms with Crippen molar-refractivity contribution in [3.05, 3.63) is 126 Å². The van der Waals surface area contributed by atoms with Crippen LogP contribution in [-0.2, 0) is 0 Å². The Kier molecular flexibility index (Phi) is 9.38. The summed E-state index contributed by atoms with van der Waals surface area (Å²) in [4.78, 5) is 13.3. The van der Waals surface area contributed by atoms with Crippen molar-refractivity contribution in [1.82, 2.24) is 15.0 Å². The third-order valence-corrected chi connectivity index (χ3v) is 6.80. The molecule has 0 fully saturated rings. The molecule has 0 N–H and O–H groups in total. The molecule has 0 atom stereocenters. The average molecular weight is 514 g/mol. The monoisotopic (exact) mass is 513 g/mol. The van der Waals surface area contributed by atoms with E-state index in [9.17, 15) is 0 Å². The minimum atomic E-state index is 0.504. The molecule has 3 aromatic carbocycles. The lowest BCUT2D eigenvalue weighted by atomic mass is 9.99. The van der Waals surface area contributed by atoms with Crippen LogP contribution in [0.5, 0.6) is 0 Å². The average Bonchev–Trinajstić information content (AvgIpc) is 2.96. The van der Waals surface area contributed by atoms with Gasteiger partial charge in [0.25, 0.3) is 0 Å². The molecule has 3 heterocycles. The molecule has 0 bridgehead atoms. The number of nitrogens with zero attached hydrogens (tertiary/aromatic N) is 3. The quantitative estimate of drug-likeness (QED) is 0.236. The topological polar surface area (TPSA) is 38.7 Å². The molecule has 0 amide bonds. The third-order valence-electron chi connectivity index (χ3n) is 6.80. The Hall–Kier alpha value is -4.11. The van der Waals surface area contributed by atoms with E-state index >= 15 is 0 Å². The molecule has 0 aliphatic heterocycles. The van der Waals surface area contributed by atoms with E-state index in [0.717, 1.165) is 16.6 Å². The molecular weight excluding hydrogens is 474 g/mol. The fourth-order valence-electron chi connectivity index (χ4n) is 4.62. The third kappa shape index (κ3) is 7.06. The first kappa shape index (κ1) is 27.9. The second kappa shape index (κ2) is 13.1. The van der Waals surface area contributed by atoms with Gasteiger partial charge >= 0.3 is 0 Å². The van der Waals surface area contributed by atoms with Gasteiger partial charge in [-0.1, -0.05) is 108 Å². The Morgan fingerprint density at radius 1 is 0.462 bits per heavy atom. The first-order valence-corrected chi connectivity index (χ1v) is 13.9. The van der Waals surface area contributed by atoms with Crippen molar-refractivity contribution >= 4 is 32.7 Å². The zero-order chi connectivity index (χ0) is 27.8. The number of hydrogen-bond donors (Lipinski definition) is 0. The fourth-order valence-corrected chi connectivity index (χ4v) is 4.62. The number of para-hydroxylation sites is 3. The van der Waals surface area contributed by atoms with E-state index in [1.807, 2.05) is 36.7 Å². The summed E-state index contributed by atoms with van der Waals surface area (Å²) in [5.41, 5.74) is 7.20. The zero-order valence-electron chi connectivity index (χ0n) is 24.0. The number of hydrogen-bond acceptors (Lipinski definition) is 3. The molecule has 0 radical (unpaired) electrons. The standard InChI is InChI=1S/3C12H13N/c1-9(2)11-7-3-5-10-6-4-8-13-12(10)11;1-9(2)10-7-8-13-12-6-4-3-5-11(10)12;1-9(2)11-8-7-10-5-3-4-6-12(10)13-11/h3*3-9H,1-2H3. The molecule has 39 heavy (non-hydrogen) atoms. The van der Waals surface area contributed by atoms with E-state index in [2.05, 4.69) is 129 Å². The molecular formula is C36H39N3. The zero-order valence-corrected chi connectivity index (χ0v) is 24.0. The van der Waals surface area contributed by atoms with Gasteiger partial charge in [0.05, 0.1) is 16.6 Å². The summed E-state index contributed by atoms with van der Waals surface area (Å²) in [5.74, 6) is 1.61. The van der Waals surface area contributed by atoms with Gasteiger partial charge in [-0.2, -0.15) is 0 Å². The number of benzene rings is 3. The molecule has 6 rings (SSSR count). The van der Waals surface area contributed by atoms with Crippen LogP contribution in [0.15, 0.2) is 109 Å². The molecule has 0 aliphatic carbocycles. The Morgan fingerprint density at radius 3 is 1.87 bits per heavy atom. The SMILES string of the molecule is CC(C)c1ccc2ccccc2n1.CC(C)c1cccc2cccnc12.CC(C)c1ccnc2ccccc12. The molecule has 198 valence electrons. The highest BCUT2D eigenvalue weighted by molar-refractivity contribution is 5.83. The van der Waals surface area contributed by atoms with Crippen molar-refractivity contribution in [2.45, 2.75) is 59.3 Å². The lowest BCUT2D eigenvalue weighted by Crippen LogP contribution is -1.91. The second-order valence-electron chi connectivity index (χ2n) is 10.7. The lowest BCUT2D eigenvalue weighted by molar-refractivity contribution is 0.830. The molecule has 0 unspecified atom stereocenters. The van der Waals surface area contributed by atoms with Crippen LogP contribution in [0, 0.1) is 0 Å². The maximum atomic E-state index is 4.57. The first-order valence-electron chi connectivity index (χ1n) is 13.9. The van der Waals surface area contributed by atoms with Crippen LogP contribution in [0.25, 0.3) is 32.7 Å². The molecule has 6 aromatic rings. The van der Waals surface area contributed by atoms with Crippen LogP contribution >= 0.6 is 0 Å². The summed E-state index contributed by atoms with van der Waals surface area (Å²) in [6.07, 6.45) is 3.74. The van der Waals surface area contributed by atoms with Gasteiger partial charge in [0.15, 0.2) is 0 Å². The van der Waals surface area contributed by atoms with Crippen molar-refractivity contribution in [2.24, 2.45) is 0 Å². The highest BCUT2D eigenvalue weighted by atomic mass is 14.7. The molecule has 3 heteroatoms. The van der Waals surface area contributed by atoms with Gasteiger partial charge in [-0.15, -0.1) is 0 Å².